The minimum Gasteiger partial charge on any atom is -0.393 e. The topological polar surface area (TPSA) is 58.3 Å². The van der Waals surface area contributed by atoms with Crippen LogP contribution < -0.4 is 11.1 Å². The molecule has 0 spiro atoms. The van der Waals surface area contributed by atoms with Gasteiger partial charge in [-0.05, 0) is 51.3 Å². The van der Waals surface area contributed by atoms with Gasteiger partial charge in [0.15, 0.2) is 0 Å². The monoisotopic (exact) mass is 328 g/mol. The minimum absolute atomic E-state index is 0.151. The van der Waals surface area contributed by atoms with Crippen LogP contribution >= 0.6 is 15.9 Å². The molecule has 3 nitrogen and oxygen atoms in total. The lowest BCUT2D eigenvalue weighted by Crippen LogP contribution is -2.54. The van der Waals surface area contributed by atoms with E-state index in [-0.39, 0.29) is 17.7 Å². The first-order valence-corrected chi connectivity index (χ1v) is 7.54. The van der Waals surface area contributed by atoms with Gasteiger partial charge in [0.25, 0.3) is 0 Å². The van der Waals surface area contributed by atoms with Crippen LogP contribution in [-0.4, -0.2) is 29.3 Å². The smallest absolute Gasteiger partial charge is 0.0526 e. The highest BCUT2D eigenvalue weighted by Crippen LogP contribution is 2.17. The van der Waals surface area contributed by atoms with Crippen molar-refractivity contribution in [3.63, 3.8) is 0 Å². The van der Waals surface area contributed by atoms with E-state index in [9.17, 15) is 5.11 Å². The molecule has 0 aromatic heterocycles. The van der Waals surface area contributed by atoms with Gasteiger partial charge in [-0.15, -0.1) is 0 Å². The van der Waals surface area contributed by atoms with E-state index in [0.717, 1.165) is 17.3 Å². The van der Waals surface area contributed by atoms with Gasteiger partial charge in [0.1, 0.15) is 0 Å². The zero-order valence-corrected chi connectivity index (χ0v) is 13.6. The Hall–Kier alpha value is -0.420. The molecule has 1 aromatic carbocycles. The van der Waals surface area contributed by atoms with Crippen molar-refractivity contribution in [3.8, 4) is 0 Å². The van der Waals surface area contributed by atoms with Crippen molar-refractivity contribution in [2.45, 2.75) is 51.3 Å². The zero-order valence-electron chi connectivity index (χ0n) is 12.0. The molecule has 3 unspecified atom stereocenters. The van der Waals surface area contributed by atoms with Gasteiger partial charge in [0, 0.05) is 22.6 Å². The highest BCUT2D eigenvalue weighted by atomic mass is 79.9. The van der Waals surface area contributed by atoms with Crippen molar-refractivity contribution >= 4 is 15.9 Å². The Kier molecular flexibility index (Phi) is 6.47. The molecule has 0 radical (unpaired) electrons. The van der Waals surface area contributed by atoms with Crippen molar-refractivity contribution in [1.29, 1.82) is 0 Å². The minimum atomic E-state index is -0.294. The molecule has 0 amide bonds. The average molecular weight is 329 g/mol. The van der Waals surface area contributed by atoms with Crippen molar-refractivity contribution in [1.82, 2.24) is 5.32 Å². The van der Waals surface area contributed by atoms with E-state index in [0.29, 0.717) is 6.54 Å². The Bertz CT molecular complexity index is 380. The first kappa shape index (κ1) is 16.6. The summed E-state index contributed by atoms with van der Waals surface area (Å²) in [4.78, 5) is 0. The quantitative estimate of drug-likeness (QED) is 0.720. The number of nitrogens with one attached hydrogen (secondary N) is 1. The molecule has 0 fully saturated rings. The Labute approximate surface area is 124 Å². The number of aliphatic hydroxyl groups excluding tert-OH is 1. The predicted octanol–water partition coefficient (Wildman–Crippen LogP) is 2.46. The van der Waals surface area contributed by atoms with Gasteiger partial charge in [-0.3, -0.25) is 0 Å². The molecule has 0 aliphatic rings. The summed E-state index contributed by atoms with van der Waals surface area (Å²) in [5.74, 6) is 0. The first-order chi connectivity index (χ1) is 8.84. The molecule has 3 atom stereocenters. The summed E-state index contributed by atoms with van der Waals surface area (Å²) < 4.78 is 1.08. The van der Waals surface area contributed by atoms with Gasteiger partial charge in [0.2, 0.25) is 0 Å². The molecule has 0 saturated carbocycles. The molecule has 4 N–H and O–H groups in total. The maximum atomic E-state index is 9.44. The summed E-state index contributed by atoms with van der Waals surface area (Å²) in [6.45, 7) is 6.59. The molecule has 0 aliphatic carbocycles. The fourth-order valence-corrected chi connectivity index (χ4v) is 2.66. The number of hydrogen-bond acceptors (Lipinski definition) is 3. The van der Waals surface area contributed by atoms with Crippen molar-refractivity contribution in [3.05, 3.63) is 34.3 Å². The second-order valence-electron chi connectivity index (χ2n) is 5.70. The molecule has 1 rings (SSSR count). The van der Waals surface area contributed by atoms with Crippen LogP contribution in [0.3, 0.4) is 0 Å². The molecule has 19 heavy (non-hydrogen) atoms. The van der Waals surface area contributed by atoms with E-state index in [1.54, 1.807) is 0 Å². The highest BCUT2D eigenvalue weighted by Gasteiger charge is 2.25. The summed E-state index contributed by atoms with van der Waals surface area (Å²) in [5, 5.41) is 13.0. The Morgan fingerprint density at radius 3 is 2.37 bits per heavy atom. The lowest BCUT2D eigenvalue weighted by Gasteiger charge is -2.33. The second-order valence-corrected chi connectivity index (χ2v) is 6.61. The third-order valence-electron chi connectivity index (χ3n) is 3.25. The molecular weight excluding hydrogens is 304 g/mol. The molecule has 0 saturated heterocycles. The number of rotatable bonds is 7. The molecule has 1 aromatic rings. The molecule has 0 aliphatic heterocycles. The van der Waals surface area contributed by atoms with Crippen molar-refractivity contribution in [2.24, 2.45) is 5.73 Å². The first-order valence-electron chi connectivity index (χ1n) is 6.75. The third kappa shape index (κ3) is 6.04. The van der Waals surface area contributed by atoms with E-state index in [1.165, 1.54) is 5.56 Å². The summed E-state index contributed by atoms with van der Waals surface area (Å²) >= 11 is 3.44. The number of hydrogen-bond donors (Lipinski definition) is 3. The Morgan fingerprint density at radius 2 is 1.89 bits per heavy atom. The van der Waals surface area contributed by atoms with Crippen LogP contribution in [0.1, 0.15) is 32.8 Å². The van der Waals surface area contributed by atoms with Crippen LogP contribution in [0.2, 0.25) is 0 Å². The van der Waals surface area contributed by atoms with Gasteiger partial charge < -0.3 is 16.2 Å². The van der Waals surface area contributed by atoms with Crippen LogP contribution in [0, 0.1) is 0 Å². The molecule has 108 valence electrons. The summed E-state index contributed by atoms with van der Waals surface area (Å²) in [7, 11) is 0. The maximum absolute atomic E-state index is 9.44. The molecule has 0 heterocycles. The fraction of sp³-hybridized carbons (Fsp3) is 0.600. The van der Waals surface area contributed by atoms with Crippen molar-refractivity contribution in [2.75, 3.05) is 6.54 Å². The maximum Gasteiger partial charge on any atom is 0.0526 e. The van der Waals surface area contributed by atoms with Gasteiger partial charge in [-0.1, -0.05) is 28.1 Å². The van der Waals surface area contributed by atoms with Crippen LogP contribution in [0.15, 0.2) is 28.7 Å². The predicted molar refractivity (Wildman–Crippen MR) is 84.2 cm³/mol. The lowest BCUT2D eigenvalue weighted by molar-refractivity contribution is 0.161. The van der Waals surface area contributed by atoms with E-state index in [1.807, 2.05) is 19.1 Å². The van der Waals surface area contributed by atoms with E-state index < -0.39 is 0 Å². The van der Waals surface area contributed by atoms with Gasteiger partial charge in [-0.2, -0.15) is 0 Å². The average Bonchev–Trinajstić information content (AvgIpc) is 2.31. The van der Waals surface area contributed by atoms with Crippen LogP contribution in [-0.2, 0) is 6.42 Å². The van der Waals surface area contributed by atoms with Gasteiger partial charge in [0.05, 0.1) is 6.10 Å². The van der Waals surface area contributed by atoms with Gasteiger partial charge in [-0.25, -0.2) is 0 Å². The summed E-state index contributed by atoms with van der Waals surface area (Å²) in [6, 6.07) is 8.55. The summed E-state index contributed by atoms with van der Waals surface area (Å²) in [6.07, 6.45) is 1.31. The molecular formula is C15H25BrN2O. The molecule has 4 heteroatoms. The van der Waals surface area contributed by atoms with E-state index in [2.05, 4.69) is 47.2 Å². The number of benzene rings is 1. The number of aliphatic hydroxyl groups is 1. The second kappa shape index (κ2) is 7.39. The normalized spacial score (nSPS) is 17.8. The highest BCUT2D eigenvalue weighted by molar-refractivity contribution is 9.10. The third-order valence-corrected chi connectivity index (χ3v) is 3.78. The summed E-state index contributed by atoms with van der Waals surface area (Å²) in [5.41, 5.74) is 7.04. The van der Waals surface area contributed by atoms with E-state index in [4.69, 9.17) is 5.73 Å². The SMILES string of the molecule is CC(O)CC(C)NC(C)(CN)Cc1ccc(Br)cc1. The molecule has 0 bridgehead atoms. The Balaban J connectivity index is 2.66. The largest absolute Gasteiger partial charge is 0.393 e. The van der Waals surface area contributed by atoms with Crippen LogP contribution in [0.4, 0.5) is 0 Å². The van der Waals surface area contributed by atoms with Crippen LogP contribution in [0.5, 0.6) is 0 Å². The fourth-order valence-electron chi connectivity index (χ4n) is 2.40. The van der Waals surface area contributed by atoms with Gasteiger partial charge >= 0.3 is 0 Å². The Morgan fingerprint density at radius 1 is 1.32 bits per heavy atom. The zero-order chi connectivity index (χ0) is 14.5. The lowest BCUT2D eigenvalue weighted by atomic mass is 9.91. The van der Waals surface area contributed by atoms with Crippen molar-refractivity contribution < 1.29 is 5.11 Å². The van der Waals surface area contributed by atoms with E-state index >= 15 is 0 Å². The number of nitrogens with two attached hydrogens (primary N) is 1. The van der Waals surface area contributed by atoms with Crippen LogP contribution in [0.25, 0.3) is 0 Å². The standard InChI is InChI=1S/C15H25BrN2O/c1-11(8-12(2)19)18-15(3,10-17)9-13-4-6-14(16)7-5-13/h4-7,11-12,18-19H,8-10,17H2,1-3H3. The number of halogens is 1.